The van der Waals surface area contributed by atoms with Crippen LogP contribution in [0, 0.1) is 0 Å². The standard InChI is InChI=1S/C19H18N4O/c1-19(11-21-18(20)23-19)15-8-9-16(22-17(15)24)14-7-6-12-4-2-3-5-13(12)10-14/h2-10H,11H2,1H3,(H,22,24)(H3,20,21,23). The maximum absolute atomic E-state index is 12.6. The third-order valence-corrected chi connectivity index (χ3v) is 4.53. The number of nitrogens with one attached hydrogen (secondary N) is 2. The predicted molar refractivity (Wildman–Crippen MR) is 97.0 cm³/mol. The van der Waals surface area contributed by atoms with Crippen molar-refractivity contribution >= 4 is 16.7 Å². The fraction of sp³-hybridized carbons (Fsp3) is 0.158. The van der Waals surface area contributed by atoms with Gasteiger partial charge in [0.1, 0.15) is 0 Å². The summed E-state index contributed by atoms with van der Waals surface area (Å²) in [7, 11) is 0. The van der Waals surface area contributed by atoms with E-state index in [2.05, 4.69) is 39.6 Å². The number of rotatable bonds is 2. The van der Waals surface area contributed by atoms with Gasteiger partial charge in [0.25, 0.3) is 5.56 Å². The molecule has 4 rings (SSSR count). The summed E-state index contributed by atoms with van der Waals surface area (Å²) in [4.78, 5) is 19.7. The third-order valence-electron chi connectivity index (χ3n) is 4.53. The Morgan fingerprint density at radius 1 is 1.08 bits per heavy atom. The van der Waals surface area contributed by atoms with Crippen LogP contribution in [0.2, 0.25) is 0 Å². The quantitative estimate of drug-likeness (QED) is 0.678. The van der Waals surface area contributed by atoms with Gasteiger partial charge in [-0.15, -0.1) is 0 Å². The van der Waals surface area contributed by atoms with Gasteiger partial charge in [-0.25, -0.2) is 0 Å². The highest BCUT2D eigenvalue weighted by Gasteiger charge is 2.33. The summed E-state index contributed by atoms with van der Waals surface area (Å²) in [5, 5.41) is 5.40. The zero-order chi connectivity index (χ0) is 16.7. The predicted octanol–water partition coefficient (Wildman–Crippen LogP) is 2.33. The van der Waals surface area contributed by atoms with E-state index in [0.29, 0.717) is 18.1 Å². The van der Waals surface area contributed by atoms with Crippen molar-refractivity contribution in [3.63, 3.8) is 0 Å². The second-order valence-electron chi connectivity index (χ2n) is 6.34. The molecule has 0 saturated heterocycles. The molecule has 1 atom stereocenters. The molecule has 5 nitrogen and oxygen atoms in total. The fourth-order valence-electron chi connectivity index (χ4n) is 3.19. The van der Waals surface area contributed by atoms with Gasteiger partial charge in [0.05, 0.1) is 12.1 Å². The molecule has 4 N–H and O–H groups in total. The molecule has 1 unspecified atom stereocenters. The Hall–Kier alpha value is -3.08. The number of guanidine groups is 1. The Kier molecular flexibility index (Phi) is 3.16. The molecule has 1 aliphatic heterocycles. The van der Waals surface area contributed by atoms with Crippen LogP contribution in [0.5, 0.6) is 0 Å². The maximum atomic E-state index is 12.6. The number of pyridine rings is 1. The van der Waals surface area contributed by atoms with Crippen molar-refractivity contribution in [3.05, 3.63) is 70.5 Å². The number of nitrogens with two attached hydrogens (primary N) is 1. The number of H-pyrrole nitrogens is 1. The molecule has 2 heterocycles. The topological polar surface area (TPSA) is 83.3 Å². The monoisotopic (exact) mass is 318 g/mol. The SMILES string of the molecule is CC1(c2ccc(-c3ccc4ccccc4c3)[nH]c2=O)CN=C(N)N1. The summed E-state index contributed by atoms with van der Waals surface area (Å²) in [5.41, 5.74) is 7.43. The molecule has 24 heavy (non-hydrogen) atoms. The lowest BCUT2D eigenvalue weighted by Crippen LogP contribution is -2.46. The molecule has 2 aromatic carbocycles. The van der Waals surface area contributed by atoms with Crippen molar-refractivity contribution in [1.29, 1.82) is 0 Å². The highest BCUT2D eigenvalue weighted by molar-refractivity contribution is 5.86. The van der Waals surface area contributed by atoms with E-state index in [0.717, 1.165) is 16.6 Å². The van der Waals surface area contributed by atoms with Crippen molar-refractivity contribution in [1.82, 2.24) is 10.3 Å². The zero-order valence-corrected chi connectivity index (χ0v) is 13.3. The van der Waals surface area contributed by atoms with Crippen molar-refractivity contribution < 1.29 is 0 Å². The first kappa shape index (κ1) is 14.5. The van der Waals surface area contributed by atoms with Gasteiger partial charge in [0, 0.05) is 11.3 Å². The van der Waals surface area contributed by atoms with Crippen LogP contribution in [0.3, 0.4) is 0 Å². The molecule has 0 radical (unpaired) electrons. The molecular weight excluding hydrogens is 300 g/mol. The second-order valence-corrected chi connectivity index (χ2v) is 6.34. The van der Waals surface area contributed by atoms with E-state index in [9.17, 15) is 4.79 Å². The summed E-state index contributed by atoms with van der Waals surface area (Å²) in [6.45, 7) is 2.38. The molecule has 0 amide bonds. The molecule has 0 fully saturated rings. The van der Waals surface area contributed by atoms with E-state index in [-0.39, 0.29) is 5.56 Å². The Balaban J connectivity index is 1.75. The first-order valence-electron chi connectivity index (χ1n) is 7.86. The van der Waals surface area contributed by atoms with Crippen LogP contribution in [0.4, 0.5) is 0 Å². The van der Waals surface area contributed by atoms with E-state index in [1.165, 1.54) is 5.39 Å². The minimum Gasteiger partial charge on any atom is -0.370 e. The zero-order valence-electron chi connectivity index (χ0n) is 13.3. The maximum Gasteiger partial charge on any atom is 0.254 e. The number of aliphatic imine (C=N–C) groups is 1. The van der Waals surface area contributed by atoms with Crippen LogP contribution in [0.25, 0.3) is 22.0 Å². The number of benzene rings is 2. The van der Waals surface area contributed by atoms with Gasteiger partial charge >= 0.3 is 0 Å². The molecule has 3 aromatic rings. The number of aromatic amines is 1. The highest BCUT2D eigenvalue weighted by atomic mass is 16.1. The summed E-state index contributed by atoms with van der Waals surface area (Å²) in [6, 6.07) is 18.1. The van der Waals surface area contributed by atoms with Crippen molar-refractivity contribution in [2.45, 2.75) is 12.5 Å². The Labute approximate surface area is 139 Å². The van der Waals surface area contributed by atoms with Gasteiger partial charge < -0.3 is 16.0 Å². The van der Waals surface area contributed by atoms with Crippen LogP contribution in [0.1, 0.15) is 12.5 Å². The van der Waals surface area contributed by atoms with Gasteiger partial charge in [0.15, 0.2) is 5.96 Å². The minimum absolute atomic E-state index is 0.124. The average molecular weight is 318 g/mol. The van der Waals surface area contributed by atoms with Crippen LogP contribution >= 0.6 is 0 Å². The normalized spacial score (nSPS) is 20.0. The van der Waals surface area contributed by atoms with E-state index < -0.39 is 5.54 Å². The Bertz CT molecular complexity index is 1020. The fourth-order valence-corrected chi connectivity index (χ4v) is 3.19. The van der Waals surface area contributed by atoms with Crippen molar-refractivity contribution in [2.24, 2.45) is 10.7 Å². The minimum atomic E-state index is -0.556. The third kappa shape index (κ3) is 2.34. The van der Waals surface area contributed by atoms with Gasteiger partial charge in [-0.05, 0) is 41.5 Å². The molecule has 0 bridgehead atoms. The number of hydrogen-bond donors (Lipinski definition) is 3. The number of fused-ring (bicyclic) bond motifs is 1. The van der Waals surface area contributed by atoms with Crippen molar-refractivity contribution in [3.8, 4) is 11.3 Å². The van der Waals surface area contributed by atoms with Crippen LogP contribution < -0.4 is 16.6 Å². The van der Waals surface area contributed by atoms with E-state index in [4.69, 9.17) is 5.73 Å². The largest absolute Gasteiger partial charge is 0.370 e. The molecule has 0 spiro atoms. The van der Waals surface area contributed by atoms with Gasteiger partial charge in [-0.2, -0.15) is 0 Å². The molecule has 5 heteroatoms. The van der Waals surface area contributed by atoms with E-state index in [1.807, 2.05) is 37.3 Å². The number of nitrogens with zero attached hydrogens (tertiary/aromatic N) is 1. The van der Waals surface area contributed by atoms with Crippen LogP contribution in [-0.4, -0.2) is 17.5 Å². The Morgan fingerprint density at radius 3 is 2.58 bits per heavy atom. The first-order valence-corrected chi connectivity index (χ1v) is 7.86. The Morgan fingerprint density at radius 2 is 1.88 bits per heavy atom. The first-order chi connectivity index (χ1) is 11.5. The second kappa shape index (κ2) is 5.23. The summed E-state index contributed by atoms with van der Waals surface area (Å²) in [5.74, 6) is 0.371. The van der Waals surface area contributed by atoms with Gasteiger partial charge in [-0.3, -0.25) is 9.79 Å². The molecule has 0 saturated carbocycles. The lowest BCUT2D eigenvalue weighted by molar-refractivity contribution is 0.474. The summed E-state index contributed by atoms with van der Waals surface area (Å²) >= 11 is 0. The molecule has 120 valence electrons. The molecule has 1 aliphatic rings. The van der Waals surface area contributed by atoms with Crippen LogP contribution in [0.15, 0.2) is 64.4 Å². The smallest absolute Gasteiger partial charge is 0.254 e. The van der Waals surface area contributed by atoms with E-state index in [1.54, 1.807) is 0 Å². The number of aromatic nitrogens is 1. The van der Waals surface area contributed by atoms with Gasteiger partial charge in [0.2, 0.25) is 0 Å². The average Bonchev–Trinajstić information content (AvgIpc) is 2.94. The molecule has 0 aliphatic carbocycles. The van der Waals surface area contributed by atoms with Gasteiger partial charge in [-0.1, -0.05) is 36.4 Å². The molecular formula is C19H18N4O. The van der Waals surface area contributed by atoms with Crippen molar-refractivity contribution in [2.75, 3.05) is 6.54 Å². The molecule has 1 aromatic heterocycles. The van der Waals surface area contributed by atoms with E-state index >= 15 is 0 Å². The van der Waals surface area contributed by atoms with Crippen LogP contribution in [-0.2, 0) is 5.54 Å². The number of hydrogen-bond acceptors (Lipinski definition) is 4. The lowest BCUT2D eigenvalue weighted by atomic mass is 9.93. The lowest BCUT2D eigenvalue weighted by Gasteiger charge is -2.23. The summed E-state index contributed by atoms with van der Waals surface area (Å²) < 4.78 is 0. The highest BCUT2D eigenvalue weighted by Crippen LogP contribution is 2.25. The summed E-state index contributed by atoms with van der Waals surface area (Å²) in [6.07, 6.45) is 0.